The van der Waals surface area contributed by atoms with Crippen LogP contribution in [0.3, 0.4) is 0 Å². The van der Waals surface area contributed by atoms with Crippen molar-refractivity contribution in [1.29, 1.82) is 0 Å². The Kier molecular flexibility index (Phi) is 6.56. The first kappa shape index (κ1) is 20.5. The first-order chi connectivity index (χ1) is 14.0. The SMILES string of the molecule is CCOC(=O)c1ccccc1NC(=O)c1cc(C(=O)N2CCN(C)CC2)ccn1. The van der Waals surface area contributed by atoms with Crippen molar-refractivity contribution in [2.75, 3.05) is 45.2 Å². The maximum atomic E-state index is 12.7. The molecule has 1 aliphatic heterocycles. The Bertz CT molecular complexity index is 907. The molecular formula is C21H24N4O4. The molecule has 1 aromatic heterocycles. The number of amides is 2. The van der Waals surface area contributed by atoms with E-state index >= 15 is 0 Å². The number of aromatic nitrogens is 1. The van der Waals surface area contributed by atoms with E-state index in [0.717, 1.165) is 13.1 Å². The number of para-hydroxylation sites is 1. The smallest absolute Gasteiger partial charge is 0.340 e. The number of piperazine rings is 1. The molecular weight excluding hydrogens is 372 g/mol. The molecule has 1 fully saturated rings. The van der Waals surface area contributed by atoms with E-state index in [4.69, 9.17) is 4.74 Å². The number of hydrogen-bond acceptors (Lipinski definition) is 6. The number of pyridine rings is 1. The highest BCUT2D eigenvalue weighted by atomic mass is 16.5. The lowest BCUT2D eigenvalue weighted by molar-refractivity contribution is 0.0527. The van der Waals surface area contributed by atoms with Gasteiger partial charge in [-0.25, -0.2) is 4.79 Å². The Morgan fingerprint density at radius 1 is 1.10 bits per heavy atom. The predicted molar refractivity (Wildman–Crippen MR) is 108 cm³/mol. The van der Waals surface area contributed by atoms with Gasteiger partial charge in [0.25, 0.3) is 11.8 Å². The molecule has 0 unspecified atom stereocenters. The number of benzene rings is 1. The van der Waals surface area contributed by atoms with Gasteiger partial charge in [-0.05, 0) is 38.2 Å². The average molecular weight is 396 g/mol. The lowest BCUT2D eigenvalue weighted by Gasteiger charge is -2.32. The summed E-state index contributed by atoms with van der Waals surface area (Å²) in [4.78, 5) is 45.5. The average Bonchev–Trinajstić information content (AvgIpc) is 2.74. The van der Waals surface area contributed by atoms with E-state index in [1.165, 1.54) is 12.3 Å². The van der Waals surface area contributed by atoms with Crippen molar-refractivity contribution in [1.82, 2.24) is 14.8 Å². The third-order valence-corrected chi connectivity index (χ3v) is 4.70. The molecule has 2 amide bonds. The molecule has 8 heteroatoms. The Labute approximate surface area is 169 Å². The zero-order chi connectivity index (χ0) is 20.8. The van der Waals surface area contributed by atoms with Gasteiger partial charge in [-0.15, -0.1) is 0 Å². The summed E-state index contributed by atoms with van der Waals surface area (Å²) < 4.78 is 5.02. The molecule has 0 bridgehead atoms. The second-order valence-corrected chi connectivity index (χ2v) is 6.75. The third-order valence-electron chi connectivity index (χ3n) is 4.70. The number of hydrogen-bond donors (Lipinski definition) is 1. The summed E-state index contributed by atoms with van der Waals surface area (Å²) in [5.41, 5.74) is 1.10. The van der Waals surface area contributed by atoms with E-state index < -0.39 is 11.9 Å². The number of carbonyl (C=O) groups is 3. The normalized spacial score (nSPS) is 14.3. The number of ether oxygens (including phenoxy) is 1. The fourth-order valence-electron chi connectivity index (χ4n) is 3.05. The maximum Gasteiger partial charge on any atom is 0.340 e. The minimum absolute atomic E-state index is 0.101. The van der Waals surface area contributed by atoms with Crippen LogP contribution in [-0.4, -0.2) is 72.4 Å². The summed E-state index contributed by atoms with van der Waals surface area (Å²) in [6.07, 6.45) is 1.44. The molecule has 1 saturated heterocycles. The highest BCUT2D eigenvalue weighted by molar-refractivity contribution is 6.08. The Balaban J connectivity index is 1.75. The van der Waals surface area contributed by atoms with E-state index in [-0.39, 0.29) is 23.8 Å². The van der Waals surface area contributed by atoms with Gasteiger partial charge >= 0.3 is 5.97 Å². The van der Waals surface area contributed by atoms with Gasteiger partial charge in [0.2, 0.25) is 0 Å². The van der Waals surface area contributed by atoms with Crippen molar-refractivity contribution < 1.29 is 19.1 Å². The van der Waals surface area contributed by atoms with Crippen LogP contribution in [0.2, 0.25) is 0 Å². The van der Waals surface area contributed by atoms with Gasteiger partial charge in [0.1, 0.15) is 5.69 Å². The number of anilines is 1. The number of nitrogens with zero attached hydrogens (tertiary/aromatic N) is 3. The fraction of sp³-hybridized carbons (Fsp3) is 0.333. The van der Waals surface area contributed by atoms with Crippen LogP contribution in [0.4, 0.5) is 5.69 Å². The molecule has 0 spiro atoms. The molecule has 3 rings (SSSR count). The Morgan fingerprint density at radius 2 is 1.83 bits per heavy atom. The molecule has 0 radical (unpaired) electrons. The first-order valence-corrected chi connectivity index (χ1v) is 9.51. The highest BCUT2D eigenvalue weighted by Crippen LogP contribution is 2.18. The van der Waals surface area contributed by atoms with Crippen LogP contribution >= 0.6 is 0 Å². The molecule has 2 aromatic rings. The van der Waals surface area contributed by atoms with Gasteiger partial charge in [-0.1, -0.05) is 12.1 Å². The summed E-state index contributed by atoms with van der Waals surface area (Å²) in [7, 11) is 2.02. The van der Waals surface area contributed by atoms with Crippen LogP contribution in [0.1, 0.15) is 38.1 Å². The molecule has 1 aromatic carbocycles. The van der Waals surface area contributed by atoms with Crippen molar-refractivity contribution in [2.45, 2.75) is 6.92 Å². The second-order valence-electron chi connectivity index (χ2n) is 6.75. The molecule has 0 aliphatic carbocycles. The van der Waals surface area contributed by atoms with Gasteiger partial charge in [-0.2, -0.15) is 0 Å². The molecule has 1 N–H and O–H groups in total. The van der Waals surface area contributed by atoms with Gasteiger partial charge in [0.05, 0.1) is 17.9 Å². The third kappa shape index (κ3) is 4.97. The molecule has 0 saturated carbocycles. The van der Waals surface area contributed by atoms with Crippen molar-refractivity contribution in [3.05, 3.63) is 59.4 Å². The van der Waals surface area contributed by atoms with E-state index in [1.807, 2.05) is 7.05 Å². The maximum absolute atomic E-state index is 12.7. The van der Waals surface area contributed by atoms with Crippen LogP contribution in [0.25, 0.3) is 0 Å². The van der Waals surface area contributed by atoms with Crippen molar-refractivity contribution >= 4 is 23.5 Å². The Morgan fingerprint density at radius 3 is 2.55 bits per heavy atom. The summed E-state index contributed by atoms with van der Waals surface area (Å²) in [6.45, 7) is 4.87. The molecule has 1 aliphatic rings. The minimum Gasteiger partial charge on any atom is -0.462 e. The van der Waals surface area contributed by atoms with Crippen molar-refractivity contribution in [2.24, 2.45) is 0 Å². The topological polar surface area (TPSA) is 91.8 Å². The van der Waals surface area contributed by atoms with Crippen molar-refractivity contribution in [3.63, 3.8) is 0 Å². The summed E-state index contributed by atoms with van der Waals surface area (Å²) in [5, 5.41) is 2.68. The molecule has 2 heterocycles. The van der Waals surface area contributed by atoms with E-state index in [9.17, 15) is 14.4 Å². The largest absolute Gasteiger partial charge is 0.462 e. The first-order valence-electron chi connectivity index (χ1n) is 9.51. The van der Waals surface area contributed by atoms with E-state index in [2.05, 4.69) is 15.2 Å². The van der Waals surface area contributed by atoms with Crippen LogP contribution in [0.15, 0.2) is 42.6 Å². The van der Waals surface area contributed by atoms with Gasteiger partial charge in [-0.3, -0.25) is 14.6 Å². The lowest BCUT2D eigenvalue weighted by atomic mass is 10.1. The predicted octanol–water partition coefficient (Wildman–Crippen LogP) is 1.90. The van der Waals surface area contributed by atoms with Crippen LogP contribution in [-0.2, 0) is 4.74 Å². The number of esters is 1. The molecule has 0 atom stereocenters. The van der Waals surface area contributed by atoms with Gasteiger partial charge in [0.15, 0.2) is 0 Å². The lowest BCUT2D eigenvalue weighted by Crippen LogP contribution is -2.47. The van der Waals surface area contributed by atoms with Crippen LogP contribution < -0.4 is 5.32 Å². The quantitative estimate of drug-likeness (QED) is 0.776. The highest BCUT2D eigenvalue weighted by Gasteiger charge is 2.22. The summed E-state index contributed by atoms with van der Waals surface area (Å²) >= 11 is 0. The van der Waals surface area contributed by atoms with E-state index in [0.29, 0.717) is 24.3 Å². The van der Waals surface area contributed by atoms with Crippen molar-refractivity contribution in [3.8, 4) is 0 Å². The number of nitrogens with one attached hydrogen (secondary N) is 1. The fourth-order valence-corrected chi connectivity index (χ4v) is 3.05. The number of likely N-dealkylation sites (N-methyl/N-ethyl adjacent to an activating group) is 1. The van der Waals surface area contributed by atoms with E-state index in [1.54, 1.807) is 42.2 Å². The summed E-state index contributed by atoms with van der Waals surface area (Å²) in [5.74, 6) is -1.15. The molecule has 152 valence electrons. The monoisotopic (exact) mass is 396 g/mol. The van der Waals surface area contributed by atoms with Crippen LogP contribution in [0, 0.1) is 0 Å². The van der Waals surface area contributed by atoms with Gasteiger partial charge < -0.3 is 19.9 Å². The summed E-state index contributed by atoms with van der Waals surface area (Å²) in [6, 6.07) is 9.67. The second kappa shape index (κ2) is 9.29. The van der Waals surface area contributed by atoms with Gasteiger partial charge in [0, 0.05) is 37.9 Å². The number of carbonyl (C=O) groups excluding carboxylic acids is 3. The standard InChI is InChI=1S/C21H24N4O4/c1-3-29-21(28)16-6-4-5-7-17(16)23-19(26)18-14-15(8-9-22-18)20(27)25-12-10-24(2)11-13-25/h4-9,14H,3,10-13H2,1-2H3,(H,23,26). The Hall–Kier alpha value is -3.26. The molecule has 8 nitrogen and oxygen atoms in total. The molecule has 29 heavy (non-hydrogen) atoms. The zero-order valence-electron chi connectivity index (χ0n) is 16.6. The van der Waals surface area contributed by atoms with Crippen LogP contribution in [0.5, 0.6) is 0 Å². The minimum atomic E-state index is -0.518. The number of rotatable bonds is 5. The zero-order valence-corrected chi connectivity index (χ0v) is 16.6.